The summed E-state index contributed by atoms with van der Waals surface area (Å²) in [4.78, 5) is 23.7. The number of aryl methyl sites for hydroxylation is 2. The van der Waals surface area contributed by atoms with Crippen LogP contribution in [0.5, 0.6) is 0 Å². The number of hydrogen-bond donors (Lipinski definition) is 1. The largest absolute Gasteiger partial charge is 0.326 e. The Kier molecular flexibility index (Phi) is 4.52. The Bertz CT molecular complexity index is 912. The SMILES string of the molecule is Cc1cc(NC(=O)CCn2c(C)csc2=O)ccc1-n1cnnn1. The molecule has 9 heteroatoms. The first-order valence-corrected chi connectivity index (χ1v) is 8.21. The van der Waals surface area contributed by atoms with Crippen LogP contribution >= 0.6 is 11.3 Å². The van der Waals surface area contributed by atoms with Crippen LogP contribution in [0.2, 0.25) is 0 Å². The smallest absolute Gasteiger partial charge is 0.307 e. The van der Waals surface area contributed by atoms with Gasteiger partial charge in [0.2, 0.25) is 5.91 Å². The lowest BCUT2D eigenvalue weighted by molar-refractivity contribution is -0.116. The Labute approximate surface area is 141 Å². The zero-order chi connectivity index (χ0) is 17.1. The second kappa shape index (κ2) is 6.75. The average molecular weight is 344 g/mol. The van der Waals surface area contributed by atoms with Gasteiger partial charge in [0.15, 0.2) is 0 Å². The summed E-state index contributed by atoms with van der Waals surface area (Å²) in [5, 5.41) is 15.7. The van der Waals surface area contributed by atoms with Crippen LogP contribution in [0.15, 0.2) is 34.7 Å². The average Bonchev–Trinajstić information content (AvgIpc) is 3.17. The van der Waals surface area contributed by atoms with Crippen molar-refractivity contribution >= 4 is 22.9 Å². The normalized spacial score (nSPS) is 10.8. The van der Waals surface area contributed by atoms with Crippen molar-refractivity contribution < 1.29 is 4.79 Å². The molecule has 0 spiro atoms. The van der Waals surface area contributed by atoms with Crippen molar-refractivity contribution in [2.24, 2.45) is 0 Å². The standard InChI is InChI=1S/C15H16N6O2S/c1-10-7-12(3-4-13(10)21-9-16-18-19-21)17-14(22)5-6-20-11(2)8-24-15(20)23/h3-4,7-9H,5-6H2,1-2H3,(H,17,22). The number of nitrogens with one attached hydrogen (secondary N) is 1. The number of carbonyl (C=O) groups is 1. The molecule has 0 radical (unpaired) electrons. The molecule has 0 atom stereocenters. The van der Waals surface area contributed by atoms with Gasteiger partial charge in [0, 0.05) is 29.7 Å². The van der Waals surface area contributed by atoms with E-state index in [1.807, 2.05) is 26.0 Å². The number of nitrogens with zero attached hydrogens (tertiary/aromatic N) is 5. The highest BCUT2D eigenvalue weighted by molar-refractivity contribution is 7.07. The van der Waals surface area contributed by atoms with Gasteiger partial charge < -0.3 is 9.88 Å². The number of thiazole rings is 1. The minimum atomic E-state index is -0.137. The summed E-state index contributed by atoms with van der Waals surface area (Å²) in [5.74, 6) is -0.137. The van der Waals surface area contributed by atoms with Gasteiger partial charge in [-0.3, -0.25) is 9.59 Å². The van der Waals surface area contributed by atoms with E-state index in [4.69, 9.17) is 0 Å². The fraction of sp³-hybridized carbons (Fsp3) is 0.267. The number of hydrogen-bond acceptors (Lipinski definition) is 6. The summed E-state index contributed by atoms with van der Waals surface area (Å²) in [6.07, 6.45) is 1.76. The highest BCUT2D eigenvalue weighted by atomic mass is 32.1. The van der Waals surface area contributed by atoms with Crippen molar-refractivity contribution in [1.82, 2.24) is 24.8 Å². The van der Waals surface area contributed by atoms with Gasteiger partial charge in [0.1, 0.15) is 6.33 Å². The number of carbonyl (C=O) groups excluding carboxylic acids is 1. The van der Waals surface area contributed by atoms with Gasteiger partial charge in [-0.05, 0) is 48.0 Å². The van der Waals surface area contributed by atoms with Crippen molar-refractivity contribution in [3.63, 3.8) is 0 Å². The molecule has 0 saturated carbocycles. The summed E-state index contributed by atoms with van der Waals surface area (Å²) in [5.41, 5.74) is 3.35. The van der Waals surface area contributed by atoms with Crippen molar-refractivity contribution in [3.8, 4) is 5.69 Å². The van der Waals surface area contributed by atoms with Crippen molar-refractivity contribution in [1.29, 1.82) is 0 Å². The minimum Gasteiger partial charge on any atom is -0.326 e. The first-order chi connectivity index (χ1) is 11.5. The maximum atomic E-state index is 12.1. The van der Waals surface area contributed by atoms with Gasteiger partial charge in [-0.25, -0.2) is 4.68 Å². The molecule has 2 aromatic heterocycles. The van der Waals surface area contributed by atoms with Gasteiger partial charge in [0.25, 0.3) is 0 Å². The molecule has 1 aromatic carbocycles. The van der Waals surface area contributed by atoms with E-state index in [1.165, 1.54) is 6.33 Å². The fourth-order valence-corrected chi connectivity index (χ4v) is 3.13. The van der Waals surface area contributed by atoms with Crippen molar-refractivity contribution in [3.05, 3.63) is 50.8 Å². The van der Waals surface area contributed by atoms with E-state index >= 15 is 0 Å². The van der Waals surface area contributed by atoms with E-state index in [9.17, 15) is 9.59 Å². The third-order valence-corrected chi connectivity index (χ3v) is 4.50. The number of rotatable bonds is 5. The summed E-state index contributed by atoms with van der Waals surface area (Å²) >= 11 is 1.15. The second-order valence-electron chi connectivity index (χ2n) is 5.35. The molecule has 0 aliphatic heterocycles. The highest BCUT2D eigenvalue weighted by Gasteiger charge is 2.09. The van der Waals surface area contributed by atoms with Crippen molar-refractivity contribution in [2.45, 2.75) is 26.8 Å². The van der Waals surface area contributed by atoms with Crippen molar-refractivity contribution in [2.75, 3.05) is 5.32 Å². The third kappa shape index (κ3) is 3.40. The molecule has 3 aromatic rings. The van der Waals surface area contributed by atoms with Gasteiger partial charge in [-0.15, -0.1) is 5.10 Å². The topological polar surface area (TPSA) is 94.7 Å². The van der Waals surface area contributed by atoms with E-state index in [-0.39, 0.29) is 17.2 Å². The Morgan fingerprint density at radius 2 is 2.17 bits per heavy atom. The lowest BCUT2D eigenvalue weighted by atomic mass is 10.1. The Morgan fingerprint density at radius 1 is 1.33 bits per heavy atom. The van der Waals surface area contributed by atoms with Crippen LogP contribution in [0.25, 0.3) is 5.69 Å². The van der Waals surface area contributed by atoms with Crippen LogP contribution in [-0.2, 0) is 11.3 Å². The molecular formula is C15H16N6O2S. The van der Waals surface area contributed by atoms with Gasteiger partial charge in [-0.2, -0.15) is 0 Å². The highest BCUT2D eigenvalue weighted by Crippen LogP contribution is 2.18. The summed E-state index contributed by atoms with van der Waals surface area (Å²) < 4.78 is 3.17. The first-order valence-electron chi connectivity index (χ1n) is 7.33. The van der Waals surface area contributed by atoms with E-state index in [0.29, 0.717) is 12.2 Å². The molecule has 24 heavy (non-hydrogen) atoms. The zero-order valence-electron chi connectivity index (χ0n) is 13.3. The van der Waals surface area contributed by atoms with Crippen LogP contribution in [0, 0.1) is 13.8 Å². The van der Waals surface area contributed by atoms with Gasteiger partial charge >= 0.3 is 4.87 Å². The molecule has 0 aliphatic rings. The van der Waals surface area contributed by atoms with Crippen LogP contribution in [-0.4, -0.2) is 30.7 Å². The van der Waals surface area contributed by atoms with Gasteiger partial charge in [0.05, 0.1) is 5.69 Å². The number of tetrazole rings is 1. The number of anilines is 1. The lowest BCUT2D eigenvalue weighted by Crippen LogP contribution is -2.20. The monoisotopic (exact) mass is 344 g/mol. The molecule has 0 fully saturated rings. The molecule has 2 heterocycles. The summed E-state index contributed by atoms with van der Waals surface area (Å²) in [6.45, 7) is 4.15. The minimum absolute atomic E-state index is 0.0399. The predicted molar refractivity (Wildman–Crippen MR) is 90.5 cm³/mol. The maximum absolute atomic E-state index is 12.1. The molecule has 1 N–H and O–H groups in total. The fourth-order valence-electron chi connectivity index (χ4n) is 2.37. The summed E-state index contributed by atoms with van der Waals surface area (Å²) in [7, 11) is 0. The quantitative estimate of drug-likeness (QED) is 0.757. The van der Waals surface area contributed by atoms with Gasteiger partial charge in [-0.1, -0.05) is 11.3 Å². The number of amides is 1. The molecule has 0 aliphatic carbocycles. The van der Waals surface area contributed by atoms with Crippen LogP contribution in [0.4, 0.5) is 5.69 Å². The first kappa shape index (κ1) is 16.1. The number of benzene rings is 1. The van der Waals surface area contributed by atoms with E-state index in [1.54, 1.807) is 20.7 Å². The Hall–Kier alpha value is -2.81. The van der Waals surface area contributed by atoms with Crippen LogP contribution in [0.1, 0.15) is 17.7 Å². The Balaban J connectivity index is 1.64. The van der Waals surface area contributed by atoms with Crippen LogP contribution in [0.3, 0.4) is 0 Å². The summed E-state index contributed by atoms with van der Waals surface area (Å²) in [6, 6.07) is 5.50. The lowest BCUT2D eigenvalue weighted by Gasteiger charge is -2.10. The third-order valence-electron chi connectivity index (χ3n) is 3.62. The van der Waals surface area contributed by atoms with E-state index in [0.717, 1.165) is 28.3 Å². The van der Waals surface area contributed by atoms with E-state index in [2.05, 4.69) is 20.8 Å². The molecular weight excluding hydrogens is 328 g/mol. The van der Waals surface area contributed by atoms with Crippen LogP contribution < -0.4 is 10.2 Å². The molecule has 0 bridgehead atoms. The molecule has 3 rings (SSSR count). The molecule has 124 valence electrons. The zero-order valence-corrected chi connectivity index (χ0v) is 14.1. The maximum Gasteiger partial charge on any atom is 0.307 e. The molecule has 0 saturated heterocycles. The molecule has 8 nitrogen and oxygen atoms in total. The second-order valence-corrected chi connectivity index (χ2v) is 6.17. The predicted octanol–water partition coefficient (Wildman–Crippen LogP) is 1.53. The Morgan fingerprint density at radius 3 is 2.79 bits per heavy atom. The molecule has 1 amide bonds. The van der Waals surface area contributed by atoms with E-state index < -0.39 is 0 Å². The molecule has 0 unspecified atom stereocenters. The number of aromatic nitrogens is 5.